The highest BCUT2D eigenvalue weighted by Crippen LogP contribution is 2.49. The Morgan fingerprint density at radius 3 is 2.62 bits per heavy atom. The van der Waals surface area contributed by atoms with Crippen molar-refractivity contribution in [3.05, 3.63) is 34.9 Å². The summed E-state index contributed by atoms with van der Waals surface area (Å²) in [6.07, 6.45) is 6.22. The number of carbonyl (C=O) groups excluding carboxylic acids is 2. The van der Waals surface area contributed by atoms with E-state index in [-0.39, 0.29) is 18.5 Å². The molecule has 1 aromatic carbocycles. The molecule has 2 fully saturated rings. The van der Waals surface area contributed by atoms with Crippen LogP contribution in [0.15, 0.2) is 24.3 Å². The van der Waals surface area contributed by atoms with E-state index in [4.69, 9.17) is 16.3 Å². The Morgan fingerprint density at radius 1 is 1.17 bits per heavy atom. The van der Waals surface area contributed by atoms with Gasteiger partial charge in [0.15, 0.2) is 6.61 Å². The van der Waals surface area contributed by atoms with Crippen LogP contribution in [0.2, 0.25) is 5.02 Å². The van der Waals surface area contributed by atoms with Gasteiger partial charge < -0.3 is 10.1 Å². The average molecular weight is 350 g/mol. The van der Waals surface area contributed by atoms with E-state index in [1.165, 1.54) is 19.3 Å². The lowest BCUT2D eigenvalue weighted by atomic mass is 9.86. The summed E-state index contributed by atoms with van der Waals surface area (Å²) >= 11 is 5.83. The molecule has 0 spiro atoms. The Hall–Kier alpha value is -1.55. The maximum Gasteiger partial charge on any atom is 0.306 e. The second-order valence-corrected chi connectivity index (χ2v) is 7.46. The van der Waals surface area contributed by atoms with Crippen LogP contribution in [0.1, 0.15) is 37.7 Å². The predicted octanol–water partition coefficient (Wildman–Crippen LogP) is 3.37. The van der Waals surface area contributed by atoms with Crippen LogP contribution >= 0.6 is 11.6 Å². The van der Waals surface area contributed by atoms with Crippen LogP contribution in [0.5, 0.6) is 0 Å². The van der Waals surface area contributed by atoms with Gasteiger partial charge in [-0.3, -0.25) is 9.59 Å². The van der Waals surface area contributed by atoms with E-state index in [1.54, 1.807) is 0 Å². The maximum atomic E-state index is 11.9. The van der Waals surface area contributed by atoms with Gasteiger partial charge in [0.05, 0.1) is 0 Å². The van der Waals surface area contributed by atoms with Crippen molar-refractivity contribution < 1.29 is 14.3 Å². The first kappa shape index (κ1) is 17.3. The van der Waals surface area contributed by atoms with Gasteiger partial charge in [0.25, 0.3) is 5.91 Å². The Morgan fingerprint density at radius 2 is 1.96 bits per heavy atom. The van der Waals surface area contributed by atoms with E-state index in [2.05, 4.69) is 5.32 Å². The van der Waals surface area contributed by atoms with Crippen LogP contribution in [0, 0.1) is 17.8 Å². The maximum absolute atomic E-state index is 11.9. The number of hydrogen-bond acceptors (Lipinski definition) is 3. The highest BCUT2D eigenvalue weighted by molar-refractivity contribution is 6.30. The molecule has 0 radical (unpaired) electrons. The number of rotatable bonds is 7. The van der Waals surface area contributed by atoms with Crippen molar-refractivity contribution in [1.82, 2.24) is 5.32 Å². The molecule has 3 rings (SSSR count). The van der Waals surface area contributed by atoms with Crippen LogP contribution < -0.4 is 5.32 Å². The van der Waals surface area contributed by atoms with Gasteiger partial charge in [0.1, 0.15) is 0 Å². The summed E-state index contributed by atoms with van der Waals surface area (Å²) in [6.45, 7) is 0.338. The van der Waals surface area contributed by atoms with Crippen LogP contribution in [0.3, 0.4) is 0 Å². The quantitative estimate of drug-likeness (QED) is 0.768. The third-order valence-corrected chi connectivity index (χ3v) is 5.58. The van der Waals surface area contributed by atoms with Gasteiger partial charge in [0, 0.05) is 18.0 Å². The molecule has 1 amide bonds. The van der Waals surface area contributed by atoms with Gasteiger partial charge in [-0.25, -0.2) is 0 Å². The molecule has 2 aliphatic rings. The van der Waals surface area contributed by atoms with Crippen molar-refractivity contribution in [3.63, 3.8) is 0 Å². The summed E-state index contributed by atoms with van der Waals surface area (Å²) in [6, 6.07) is 7.53. The molecule has 1 N–H and O–H groups in total. The number of benzene rings is 1. The molecule has 0 aromatic heterocycles. The number of esters is 1. The van der Waals surface area contributed by atoms with Crippen molar-refractivity contribution in [2.45, 2.75) is 38.5 Å². The summed E-state index contributed by atoms with van der Waals surface area (Å²) in [4.78, 5) is 23.6. The monoisotopic (exact) mass is 349 g/mol. The molecule has 0 aliphatic heterocycles. The normalized spacial score (nSPS) is 24.8. The molecular weight excluding hydrogens is 326 g/mol. The highest BCUT2D eigenvalue weighted by Gasteiger charge is 2.40. The Labute approximate surface area is 147 Å². The second kappa shape index (κ2) is 8.02. The first-order valence-electron chi connectivity index (χ1n) is 8.77. The van der Waals surface area contributed by atoms with E-state index in [0.29, 0.717) is 29.8 Å². The lowest BCUT2D eigenvalue weighted by Gasteiger charge is -2.20. The first-order valence-corrected chi connectivity index (χ1v) is 9.14. The molecule has 5 heteroatoms. The zero-order valence-corrected chi connectivity index (χ0v) is 14.6. The van der Waals surface area contributed by atoms with Crippen LogP contribution in [-0.4, -0.2) is 25.0 Å². The fourth-order valence-electron chi connectivity index (χ4n) is 4.09. The summed E-state index contributed by atoms with van der Waals surface area (Å²) in [7, 11) is 0. The molecule has 0 unspecified atom stereocenters. The van der Waals surface area contributed by atoms with Gasteiger partial charge in [-0.1, -0.05) is 30.2 Å². The molecule has 2 saturated carbocycles. The molecule has 130 valence electrons. The number of halogens is 1. The minimum atomic E-state index is -0.245. The number of ether oxygens (including phenoxy) is 1. The number of nitrogens with one attached hydrogen (secondary N) is 1. The van der Waals surface area contributed by atoms with Crippen molar-refractivity contribution in [2.24, 2.45) is 17.8 Å². The molecule has 0 saturated heterocycles. The van der Waals surface area contributed by atoms with E-state index in [1.807, 2.05) is 24.3 Å². The Kier molecular flexibility index (Phi) is 5.77. The third-order valence-electron chi connectivity index (χ3n) is 5.33. The Balaban J connectivity index is 1.29. The largest absolute Gasteiger partial charge is 0.456 e. The zero-order valence-electron chi connectivity index (χ0n) is 13.8. The van der Waals surface area contributed by atoms with Gasteiger partial charge >= 0.3 is 5.97 Å². The van der Waals surface area contributed by atoms with Crippen molar-refractivity contribution in [1.29, 1.82) is 0 Å². The van der Waals surface area contributed by atoms with Gasteiger partial charge in [-0.05, 0) is 61.1 Å². The number of hydrogen-bond donors (Lipinski definition) is 1. The smallest absolute Gasteiger partial charge is 0.306 e. The van der Waals surface area contributed by atoms with Crippen LogP contribution in [-0.2, 0) is 20.7 Å². The van der Waals surface area contributed by atoms with E-state index < -0.39 is 0 Å². The standard InChI is InChI=1S/C19H24ClNO3/c20-17-5-2-13(3-6-17)7-8-21-18(22)12-24-19(23)11-16-10-14-1-4-15(16)9-14/h2-3,5-6,14-16H,1,4,7-12H2,(H,21,22)/t14-,15-,16-/m1/s1. The minimum absolute atomic E-state index is 0.180. The van der Waals surface area contributed by atoms with Crippen LogP contribution in [0.4, 0.5) is 0 Å². The molecule has 2 aliphatic carbocycles. The summed E-state index contributed by atoms with van der Waals surface area (Å²) in [5.74, 6) is 1.52. The average Bonchev–Trinajstić information content (AvgIpc) is 3.18. The van der Waals surface area contributed by atoms with Gasteiger partial charge in [-0.2, -0.15) is 0 Å². The van der Waals surface area contributed by atoms with Crippen molar-refractivity contribution >= 4 is 23.5 Å². The SMILES string of the molecule is O=C(COC(=O)C[C@H]1C[C@@H]2CC[C@@H]1C2)NCCc1ccc(Cl)cc1. The summed E-state index contributed by atoms with van der Waals surface area (Å²) < 4.78 is 5.12. The molecule has 3 atom stereocenters. The number of carbonyl (C=O) groups is 2. The number of fused-ring (bicyclic) bond motifs is 2. The molecule has 2 bridgehead atoms. The van der Waals surface area contributed by atoms with E-state index in [9.17, 15) is 9.59 Å². The van der Waals surface area contributed by atoms with Crippen molar-refractivity contribution in [2.75, 3.05) is 13.2 Å². The van der Waals surface area contributed by atoms with Gasteiger partial charge in [0.2, 0.25) is 0 Å². The second-order valence-electron chi connectivity index (χ2n) is 7.03. The lowest BCUT2D eigenvalue weighted by molar-refractivity contribution is -0.149. The van der Waals surface area contributed by atoms with E-state index in [0.717, 1.165) is 24.3 Å². The predicted molar refractivity (Wildman–Crippen MR) is 92.7 cm³/mol. The van der Waals surface area contributed by atoms with E-state index >= 15 is 0 Å². The molecule has 4 nitrogen and oxygen atoms in total. The summed E-state index contributed by atoms with van der Waals surface area (Å²) in [5, 5.41) is 3.47. The third kappa shape index (κ3) is 4.73. The summed E-state index contributed by atoms with van der Waals surface area (Å²) in [5.41, 5.74) is 1.10. The molecule has 1 aromatic rings. The molecule has 24 heavy (non-hydrogen) atoms. The van der Waals surface area contributed by atoms with Crippen molar-refractivity contribution in [3.8, 4) is 0 Å². The topological polar surface area (TPSA) is 55.4 Å². The van der Waals surface area contributed by atoms with Crippen LogP contribution in [0.25, 0.3) is 0 Å². The van der Waals surface area contributed by atoms with Gasteiger partial charge in [-0.15, -0.1) is 0 Å². The Bertz CT molecular complexity index is 587. The minimum Gasteiger partial charge on any atom is -0.456 e. The molecule has 0 heterocycles. The highest BCUT2D eigenvalue weighted by atomic mass is 35.5. The number of amides is 1. The lowest BCUT2D eigenvalue weighted by Crippen LogP contribution is -2.31. The zero-order chi connectivity index (χ0) is 16.9. The fourth-order valence-corrected chi connectivity index (χ4v) is 4.22. The first-order chi connectivity index (χ1) is 11.6. The fraction of sp³-hybridized carbons (Fsp3) is 0.579. The molecular formula is C19H24ClNO3.